The average molecular weight is 294 g/mol. The number of carbonyl (C=O) groups is 1. The van der Waals surface area contributed by atoms with E-state index in [-0.39, 0.29) is 17.3 Å². The number of likely N-dealkylation sites (N-methyl/N-ethyl adjacent to an activating group) is 1. The molecule has 1 N–H and O–H groups in total. The van der Waals surface area contributed by atoms with Gasteiger partial charge in [-0.25, -0.2) is 4.98 Å². The van der Waals surface area contributed by atoms with Crippen LogP contribution in [0, 0.1) is 5.92 Å². The van der Waals surface area contributed by atoms with Gasteiger partial charge in [-0.3, -0.25) is 9.59 Å². The zero-order valence-electron chi connectivity index (χ0n) is 13.6. The van der Waals surface area contributed by atoms with Crippen molar-refractivity contribution in [1.82, 2.24) is 14.5 Å². The molecule has 1 aromatic heterocycles. The van der Waals surface area contributed by atoms with E-state index in [1.165, 1.54) is 0 Å². The Kier molecular flexibility index (Phi) is 6.39. The molecule has 6 heteroatoms. The predicted molar refractivity (Wildman–Crippen MR) is 84.3 cm³/mol. The summed E-state index contributed by atoms with van der Waals surface area (Å²) in [6, 6.07) is -0.472. The van der Waals surface area contributed by atoms with Gasteiger partial charge in [0.1, 0.15) is 6.04 Å². The number of nitrogens with zero attached hydrogens (tertiary/aromatic N) is 3. The molecule has 1 atom stereocenters. The molecule has 0 radical (unpaired) electrons. The second-order valence-corrected chi connectivity index (χ2v) is 5.50. The first-order valence-corrected chi connectivity index (χ1v) is 7.51. The number of nitrogens with one attached hydrogen (secondary N) is 1. The summed E-state index contributed by atoms with van der Waals surface area (Å²) in [6.45, 7) is 11.7. The summed E-state index contributed by atoms with van der Waals surface area (Å²) < 4.78 is 1.62. The Morgan fingerprint density at radius 2 is 1.95 bits per heavy atom. The third-order valence-corrected chi connectivity index (χ3v) is 3.27. The van der Waals surface area contributed by atoms with Crippen LogP contribution in [0.25, 0.3) is 0 Å². The number of carbonyl (C=O) groups excluding carboxylic acids is 1. The molecule has 0 saturated heterocycles. The Morgan fingerprint density at radius 3 is 2.48 bits per heavy atom. The van der Waals surface area contributed by atoms with Gasteiger partial charge in [-0.2, -0.15) is 0 Å². The first kappa shape index (κ1) is 17.2. The van der Waals surface area contributed by atoms with Crippen LogP contribution in [0.1, 0.15) is 34.6 Å². The summed E-state index contributed by atoms with van der Waals surface area (Å²) in [7, 11) is 0. The fourth-order valence-electron chi connectivity index (χ4n) is 2.16. The first-order chi connectivity index (χ1) is 9.90. The molecule has 0 saturated carbocycles. The van der Waals surface area contributed by atoms with Gasteiger partial charge in [0.25, 0.3) is 5.56 Å². The van der Waals surface area contributed by atoms with Crippen LogP contribution in [0.3, 0.4) is 0 Å². The molecule has 0 aromatic carbocycles. The van der Waals surface area contributed by atoms with Gasteiger partial charge in [0.15, 0.2) is 5.82 Å². The zero-order valence-corrected chi connectivity index (χ0v) is 13.6. The molecule has 0 bridgehead atoms. The molecule has 1 rings (SSSR count). The van der Waals surface area contributed by atoms with Crippen molar-refractivity contribution >= 4 is 11.7 Å². The molecule has 118 valence electrons. The third kappa shape index (κ3) is 4.58. The van der Waals surface area contributed by atoms with E-state index in [2.05, 4.69) is 10.3 Å². The second-order valence-electron chi connectivity index (χ2n) is 5.50. The van der Waals surface area contributed by atoms with Gasteiger partial charge >= 0.3 is 0 Å². The molecule has 0 aliphatic heterocycles. The lowest BCUT2D eigenvalue weighted by Crippen LogP contribution is -2.42. The molecule has 0 fully saturated rings. The van der Waals surface area contributed by atoms with Crippen molar-refractivity contribution in [2.45, 2.75) is 47.2 Å². The maximum absolute atomic E-state index is 12.3. The van der Waals surface area contributed by atoms with Crippen molar-refractivity contribution in [1.29, 1.82) is 0 Å². The van der Waals surface area contributed by atoms with Gasteiger partial charge in [-0.05, 0) is 26.7 Å². The van der Waals surface area contributed by atoms with E-state index in [9.17, 15) is 9.59 Å². The second kappa shape index (κ2) is 7.81. The SMILES string of the molecule is CCN(CC)C(=O)C(C)Nc1nccn(CC(C)C)c1=O. The van der Waals surface area contributed by atoms with Crippen LogP contribution >= 0.6 is 0 Å². The summed E-state index contributed by atoms with van der Waals surface area (Å²) in [6.07, 6.45) is 3.26. The van der Waals surface area contributed by atoms with Crippen molar-refractivity contribution < 1.29 is 4.79 Å². The van der Waals surface area contributed by atoms with E-state index < -0.39 is 6.04 Å². The molecule has 0 spiro atoms. The fraction of sp³-hybridized carbons (Fsp3) is 0.667. The monoisotopic (exact) mass is 294 g/mol. The van der Waals surface area contributed by atoms with E-state index in [1.54, 1.807) is 28.8 Å². The number of aromatic nitrogens is 2. The Hall–Kier alpha value is -1.85. The van der Waals surface area contributed by atoms with Gasteiger partial charge in [-0.15, -0.1) is 0 Å². The van der Waals surface area contributed by atoms with Gasteiger partial charge < -0.3 is 14.8 Å². The lowest BCUT2D eigenvalue weighted by Gasteiger charge is -2.23. The normalized spacial score (nSPS) is 12.3. The van der Waals surface area contributed by atoms with Crippen molar-refractivity contribution in [3.8, 4) is 0 Å². The predicted octanol–water partition coefficient (Wildman–Crippen LogP) is 1.57. The van der Waals surface area contributed by atoms with E-state index in [0.29, 0.717) is 25.6 Å². The van der Waals surface area contributed by atoms with Crippen molar-refractivity contribution in [3.05, 3.63) is 22.7 Å². The van der Waals surface area contributed by atoms with Gasteiger partial charge in [0.05, 0.1) is 0 Å². The van der Waals surface area contributed by atoms with Crippen LogP contribution < -0.4 is 10.9 Å². The van der Waals surface area contributed by atoms with Crippen LogP contribution in [0.4, 0.5) is 5.82 Å². The fourth-order valence-corrected chi connectivity index (χ4v) is 2.16. The lowest BCUT2D eigenvalue weighted by atomic mass is 10.2. The quantitative estimate of drug-likeness (QED) is 0.829. The highest BCUT2D eigenvalue weighted by Gasteiger charge is 2.19. The van der Waals surface area contributed by atoms with Gasteiger partial charge in [0.2, 0.25) is 5.91 Å². The molecule has 21 heavy (non-hydrogen) atoms. The van der Waals surface area contributed by atoms with E-state index in [4.69, 9.17) is 0 Å². The number of rotatable bonds is 7. The minimum Gasteiger partial charge on any atom is -0.354 e. The molecule has 1 heterocycles. The Bertz CT molecular complexity index is 521. The van der Waals surface area contributed by atoms with E-state index in [0.717, 1.165) is 0 Å². The smallest absolute Gasteiger partial charge is 0.293 e. The highest BCUT2D eigenvalue weighted by molar-refractivity contribution is 5.83. The van der Waals surface area contributed by atoms with E-state index in [1.807, 2.05) is 27.7 Å². The molecule has 1 unspecified atom stereocenters. The average Bonchev–Trinajstić information content (AvgIpc) is 2.43. The molecule has 0 aliphatic carbocycles. The standard InChI is InChI=1S/C15H26N4O2/c1-6-18(7-2)14(20)12(5)17-13-15(21)19(9-8-16-13)10-11(3)4/h8-9,11-12H,6-7,10H2,1-5H3,(H,16,17). The Labute approximate surface area is 126 Å². The molecular formula is C15H26N4O2. The summed E-state index contributed by atoms with van der Waals surface area (Å²) in [5.74, 6) is 0.569. The van der Waals surface area contributed by atoms with Crippen LogP contribution in [-0.4, -0.2) is 39.5 Å². The number of hydrogen-bond acceptors (Lipinski definition) is 4. The molecule has 1 aromatic rings. The van der Waals surface area contributed by atoms with Crippen LogP contribution in [-0.2, 0) is 11.3 Å². The maximum atomic E-state index is 12.3. The number of anilines is 1. The third-order valence-electron chi connectivity index (χ3n) is 3.27. The lowest BCUT2D eigenvalue weighted by molar-refractivity contribution is -0.131. The minimum absolute atomic E-state index is 0.0273. The van der Waals surface area contributed by atoms with Gasteiger partial charge in [-0.1, -0.05) is 13.8 Å². The number of hydrogen-bond donors (Lipinski definition) is 1. The first-order valence-electron chi connectivity index (χ1n) is 7.51. The summed E-state index contributed by atoms with van der Waals surface area (Å²) in [5.41, 5.74) is -0.189. The molecule has 0 aliphatic rings. The zero-order chi connectivity index (χ0) is 16.0. The summed E-state index contributed by atoms with van der Waals surface area (Å²) in [5, 5.41) is 2.94. The van der Waals surface area contributed by atoms with Gasteiger partial charge in [0, 0.05) is 32.0 Å². The maximum Gasteiger partial charge on any atom is 0.293 e. The van der Waals surface area contributed by atoms with Crippen LogP contribution in [0.2, 0.25) is 0 Å². The highest BCUT2D eigenvalue weighted by atomic mass is 16.2. The molecule has 1 amide bonds. The molecular weight excluding hydrogens is 268 g/mol. The van der Waals surface area contributed by atoms with Crippen LogP contribution in [0.15, 0.2) is 17.2 Å². The van der Waals surface area contributed by atoms with Crippen molar-refractivity contribution in [3.63, 3.8) is 0 Å². The number of amides is 1. The Balaban J connectivity index is 2.88. The largest absolute Gasteiger partial charge is 0.354 e. The summed E-state index contributed by atoms with van der Waals surface area (Å²) in [4.78, 5) is 30.3. The van der Waals surface area contributed by atoms with Crippen molar-refractivity contribution in [2.75, 3.05) is 18.4 Å². The van der Waals surface area contributed by atoms with Crippen molar-refractivity contribution in [2.24, 2.45) is 5.92 Å². The van der Waals surface area contributed by atoms with Crippen LogP contribution in [0.5, 0.6) is 0 Å². The summed E-state index contributed by atoms with van der Waals surface area (Å²) >= 11 is 0. The minimum atomic E-state index is -0.472. The highest BCUT2D eigenvalue weighted by Crippen LogP contribution is 2.03. The Morgan fingerprint density at radius 1 is 1.33 bits per heavy atom. The molecule has 6 nitrogen and oxygen atoms in total. The topological polar surface area (TPSA) is 67.2 Å². The van der Waals surface area contributed by atoms with E-state index >= 15 is 0 Å².